The topological polar surface area (TPSA) is 21.3 Å². The first-order valence-electron chi connectivity index (χ1n) is 6.77. The fraction of sp³-hybridized carbons (Fsp3) is 0.294. The lowest BCUT2D eigenvalue weighted by molar-refractivity contribution is 0.481. The van der Waals surface area contributed by atoms with Crippen molar-refractivity contribution in [2.24, 2.45) is 0 Å². The zero-order chi connectivity index (χ0) is 13.5. The molecule has 2 aromatic carbocycles. The Hall–Kier alpha value is -1.51. The van der Waals surface area contributed by atoms with Crippen LogP contribution >= 0.6 is 12.4 Å². The molecule has 0 aliphatic carbocycles. The van der Waals surface area contributed by atoms with Gasteiger partial charge in [-0.1, -0.05) is 37.3 Å². The van der Waals surface area contributed by atoms with E-state index in [2.05, 4.69) is 30.4 Å². The third kappa shape index (κ3) is 4.87. The van der Waals surface area contributed by atoms with E-state index in [0.29, 0.717) is 5.92 Å². The molecule has 0 radical (unpaired) electrons. The Balaban J connectivity index is 0.00000200. The molecule has 0 spiro atoms. The van der Waals surface area contributed by atoms with Crippen LogP contribution in [0.15, 0.2) is 54.6 Å². The highest BCUT2D eigenvalue weighted by Gasteiger charge is 2.06. The maximum absolute atomic E-state index is 5.86. The standard InChI is InChI=1S/C17H21NO.ClH/c1-14(11-12-18-2)15-7-6-10-17(13-15)19-16-8-4-3-5-9-16;/h3-10,13-14,18H,11-12H2,1-2H3;1H. The van der Waals surface area contributed by atoms with E-state index in [1.807, 2.05) is 43.4 Å². The van der Waals surface area contributed by atoms with E-state index < -0.39 is 0 Å². The van der Waals surface area contributed by atoms with Gasteiger partial charge in [0, 0.05) is 0 Å². The molecule has 20 heavy (non-hydrogen) atoms. The Morgan fingerprint density at radius 2 is 1.70 bits per heavy atom. The Kier molecular flexibility index (Phi) is 7.13. The molecule has 0 heterocycles. The van der Waals surface area contributed by atoms with E-state index in [9.17, 15) is 0 Å². The fourth-order valence-electron chi connectivity index (χ4n) is 2.04. The molecule has 0 bridgehead atoms. The molecule has 0 aliphatic heterocycles. The van der Waals surface area contributed by atoms with Crippen molar-refractivity contribution in [1.82, 2.24) is 5.32 Å². The van der Waals surface area contributed by atoms with E-state index in [1.165, 1.54) is 5.56 Å². The van der Waals surface area contributed by atoms with Gasteiger partial charge in [0.25, 0.3) is 0 Å². The van der Waals surface area contributed by atoms with Gasteiger partial charge >= 0.3 is 0 Å². The van der Waals surface area contributed by atoms with Crippen molar-refractivity contribution in [1.29, 1.82) is 0 Å². The van der Waals surface area contributed by atoms with E-state index in [0.717, 1.165) is 24.5 Å². The summed E-state index contributed by atoms with van der Waals surface area (Å²) >= 11 is 0. The Labute approximate surface area is 127 Å². The van der Waals surface area contributed by atoms with Crippen LogP contribution in [0.2, 0.25) is 0 Å². The number of halogens is 1. The van der Waals surface area contributed by atoms with E-state index >= 15 is 0 Å². The smallest absolute Gasteiger partial charge is 0.127 e. The van der Waals surface area contributed by atoms with Crippen LogP contribution in [0.1, 0.15) is 24.8 Å². The van der Waals surface area contributed by atoms with Gasteiger partial charge in [0.1, 0.15) is 11.5 Å². The van der Waals surface area contributed by atoms with Crippen LogP contribution in [0.3, 0.4) is 0 Å². The molecule has 0 aliphatic rings. The van der Waals surface area contributed by atoms with Gasteiger partial charge < -0.3 is 10.1 Å². The number of para-hydroxylation sites is 1. The molecule has 0 saturated carbocycles. The lowest BCUT2D eigenvalue weighted by atomic mass is 9.98. The van der Waals surface area contributed by atoms with Crippen molar-refractivity contribution < 1.29 is 4.74 Å². The second-order valence-corrected chi connectivity index (χ2v) is 4.78. The van der Waals surface area contributed by atoms with Crippen molar-refractivity contribution in [3.63, 3.8) is 0 Å². The van der Waals surface area contributed by atoms with E-state index in [1.54, 1.807) is 0 Å². The van der Waals surface area contributed by atoms with Crippen molar-refractivity contribution in [2.75, 3.05) is 13.6 Å². The van der Waals surface area contributed by atoms with Crippen LogP contribution in [-0.2, 0) is 0 Å². The third-order valence-electron chi connectivity index (χ3n) is 3.23. The summed E-state index contributed by atoms with van der Waals surface area (Å²) in [5.41, 5.74) is 1.32. The van der Waals surface area contributed by atoms with Crippen LogP contribution in [0, 0.1) is 0 Å². The summed E-state index contributed by atoms with van der Waals surface area (Å²) in [4.78, 5) is 0. The highest BCUT2D eigenvalue weighted by Crippen LogP contribution is 2.26. The molecule has 1 N–H and O–H groups in total. The molecule has 1 atom stereocenters. The number of ether oxygens (including phenoxy) is 1. The van der Waals surface area contributed by atoms with Gasteiger partial charge in [0.2, 0.25) is 0 Å². The summed E-state index contributed by atoms with van der Waals surface area (Å²) in [6.45, 7) is 3.28. The Bertz CT molecular complexity index is 501. The molecule has 0 saturated heterocycles. The lowest BCUT2D eigenvalue weighted by Crippen LogP contribution is -2.10. The zero-order valence-corrected chi connectivity index (χ0v) is 12.8. The number of benzene rings is 2. The minimum atomic E-state index is 0. The van der Waals surface area contributed by atoms with Crippen LogP contribution in [0.4, 0.5) is 0 Å². The molecule has 0 fully saturated rings. The van der Waals surface area contributed by atoms with Gasteiger partial charge in [-0.25, -0.2) is 0 Å². The van der Waals surface area contributed by atoms with Gasteiger partial charge in [-0.15, -0.1) is 12.4 Å². The van der Waals surface area contributed by atoms with Crippen molar-refractivity contribution >= 4 is 12.4 Å². The van der Waals surface area contributed by atoms with Crippen molar-refractivity contribution in [2.45, 2.75) is 19.3 Å². The first-order chi connectivity index (χ1) is 9.29. The summed E-state index contributed by atoms with van der Waals surface area (Å²) in [7, 11) is 1.99. The minimum Gasteiger partial charge on any atom is -0.457 e. The van der Waals surface area contributed by atoms with Crippen LogP contribution in [0.5, 0.6) is 11.5 Å². The summed E-state index contributed by atoms with van der Waals surface area (Å²) in [5, 5.41) is 3.19. The van der Waals surface area contributed by atoms with Gasteiger partial charge in [-0.05, 0) is 55.8 Å². The average molecular weight is 292 g/mol. The predicted molar refractivity (Wildman–Crippen MR) is 87.2 cm³/mol. The SMILES string of the molecule is CNCCC(C)c1cccc(Oc2ccccc2)c1.Cl. The highest BCUT2D eigenvalue weighted by molar-refractivity contribution is 5.85. The highest BCUT2D eigenvalue weighted by atomic mass is 35.5. The second-order valence-electron chi connectivity index (χ2n) is 4.78. The maximum atomic E-state index is 5.86. The Morgan fingerprint density at radius 1 is 1.00 bits per heavy atom. The first kappa shape index (κ1) is 16.5. The zero-order valence-electron chi connectivity index (χ0n) is 12.0. The normalized spacial score (nSPS) is 11.5. The molecule has 1 unspecified atom stereocenters. The largest absolute Gasteiger partial charge is 0.457 e. The summed E-state index contributed by atoms with van der Waals surface area (Å²) in [6, 6.07) is 18.2. The predicted octanol–water partition coefficient (Wildman–Crippen LogP) is 4.61. The third-order valence-corrected chi connectivity index (χ3v) is 3.23. The van der Waals surface area contributed by atoms with Gasteiger partial charge in [-0.3, -0.25) is 0 Å². The average Bonchev–Trinajstić information content (AvgIpc) is 2.46. The molecule has 3 heteroatoms. The summed E-state index contributed by atoms with van der Waals surface area (Å²) < 4.78 is 5.86. The first-order valence-corrected chi connectivity index (χ1v) is 6.77. The lowest BCUT2D eigenvalue weighted by Gasteiger charge is -2.13. The minimum absolute atomic E-state index is 0. The van der Waals surface area contributed by atoms with Gasteiger partial charge in [0.05, 0.1) is 0 Å². The molecular weight excluding hydrogens is 270 g/mol. The van der Waals surface area contributed by atoms with Gasteiger partial charge in [-0.2, -0.15) is 0 Å². The quantitative estimate of drug-likeness (QED) is 0.839. The second kappa shape index (κ2) is 8.62. The molecule has 2 rings (SSSR count). The summed E-state index contributed by atoms with van der Waals surface area (Å²) in [5.74, 6) is 2.31. The molecule has 0 amide bonds. The van der Waals surface area contributed by atoms with E-state index in [4.69, 9.17) is 4.74 Å². The number of nitrogens with one attached hydrogen (secondary N) is 1. The maximum Gasteiger partial charge on any atom is 0.127 e. The number of hydrogen-bond acceptors (Lipinski definition) is 2. The van der Waals surface area contributed by atoms with Crippen molar-refractivity contribution in [3.8, 4) is 11.5 Å². The fourth-order valence-corrected chi connectivity index (χ4v) is 2.04. The number of rotatable bonds is 6. The summed E-state index contributed by atoms with van der Waals surface area (Å²) in [6.07, 6.45) is 1.13. The molecule has 2 aromatic rings. The van der Waals surface area contributed by atoms with Crippen LogP contribution in [-0.4, -0.2) is 13.6 Å². The van der Waals surface area contributed by atoms with Crippen molar-refractivity contribution in [3.05, 3.63) is 60.2 Å². The van der Waals surface area contributed by atoms with Crippen LogP contribution in [0.25, 0.3) is 0 Å². The monoisotopic (exact) mass is 291 g/mol. The Morgan fingerprint density at radius 3 is 2.40 bits per heavy atom. The molecule has 0 aromatic heterocycles. The number of hydrogen-bond donors (Lipinski definition) is 1. The van der Waals surface area contributed by atoms with Gasteiger partial charge in [0.15, 0.2) is 0 Å². The molecule has 108 valence electrons. The molecule has 2 nitrogen and oxygen atoms in total. The van der Waals surface area contributed by atoms with Crippen LogP contribution < -0.4 is 10.1 Å². The molecular formula is C17H22ClNO. The van der Waals surface area contributed by atoms with E-state index in [-0.39, 0.29) is 12.4 Å².